The molecule has 0 radical (unpaired) electrons. The first-order valence-electron chi connectivity index (χ1n) is 3.96. The van der Waals surface area contributed by atoms with E-state index in [-0.39, 0.29) is 11.9 Å². The number of carbonyl (C=O) groups is 1. The Kier molecular flexibility index (Phi) is 3.11. The third kappa shape index (κ3) is 2.35. The zero-order valence-electron chi connectivity index (χ0n) is 6.60. The highest BCUT2D eigenvalue weighted by Crippen LogP contribution is 2.03. The zero-order chi connectivity index (χ0) is 8.10. The van der Waals surface area contributed by atoms with Gasteiger partial charge in [0.25, 0.3) is 0 Å². The first kappa shape index (κ1) is 8.27. The molecule has 3 heteroatoms. The minimum Gasteiger partial charge on any atom is -0.351 e. The Bertz CT molecular complexity index is 150. The predicted octanol–water partition coefficient (Wildman–Crippen LogP) is 0.0406. The molecule has 1 saturated heterocycles. The van der Waals surface area contributed by atoms with Crippen molar-refractivity contribution in [2.45, 2.75) is 18.9 Å². The van der Waals surface area contributed by atoms with Crippen molar-refractivity contribution in [3.63, 3.8) is 0 Å². The van der Waals surface area contributed by atoms with Crippen molar-refractivity contribution in [1.29, 1.82) is 0 Å². The van der Waals surface area contributed by atoms with Gasteiger partial charge in [0.2, 0.25) is 5.91 Å². The van der Waals surface area contributed by atoms with E-state index in [1.807, 2.05) is 0 Å². The molecule has 2 N–H and O–H groups in total. The monoisotopic (exact) mass is 154 g/mol. The first-order chi connectivity index (χ1) is 5.34. The number of hydrogen-bond acceptors (Lipinski definition) is 2. The van der Waals surface area contributed by atoms with Crippen LogP contribution in [-0.4, -0.2) is 25.0 Å². The minimum atomic E-state index is 0.0370. The van der Waals surface area contributed by atoms with Gasteiger partial charge in [-0.2, -0.15) is 0 Å². The Hall–Kier alpha value is -0.830. The van der Waals surface area contributed by atoms with E-state index in [9.17, 15) is 4.79 Å². The molecule has 0 aromatic heterocycles. The minimum absolute atomic E-state index is 0.0370. The topological polar surface area (TPSA) is 41.1 Å². The van der Waals surface area contributed by atoms with Crippen LogP contribution in [0, 0.1) is 0 Å². The van der Waals surface area contributed by atoms with Crippen molar-refractivity contribution < 1.29 is 4.79 Å². The lowest BCUT2D eigenvalue weighted by Crippen LogP contribution is -2.40. The lowest BCUT2D eigenvalue weighted by Gasteiger charge is -2.08. The van der Waals surface area contributed by atoms with E-state index in [4.69, 9.17) is 0 Å². The molecule has 1 amide bonds. The molecule has 1 heterocycles. The second-order valence-corrected chi connectivity index (χ2v) is 2.68. The average Bonchev–Trinajstić information content (AvgIpc) is 2.52. The van der Waals surface area contributed by atoms with Crippen LogP contribution in [0.5, 0.6) is 0 Å². The number of hydrogen-bond donors (Lipinski definition) is 2. The van der Waals surface area contributed by atoms with Crippen LogP contribution in [-0.2, 0) is 4.79 Å². The molecule has 0 bridgehead atoms. The van der Waals surface area contributed by atoms with Crippen LogP contribution in [0.1, 0.15) is 12.8 Å². The van der Waals surface area contributed by atoms with E-state index >= 15 is 0 Å². The van der Waals surface area contributed by atoms with E-state index in [1.165, 1.54) is 0 Å². The van der Waals surface area contributed by atoms with E-state index in [0.29, 0.717) is 6.54 Å². The van der Waals surface area contributed by atoms with Crippen LogP contribution in [0.4, 0.5) is 0 Å². The fourth-order valence-electron chi connectivity index (χ4n) is 1.20. The van der Waals surface area contributed by atoms with Crippen molar-refractivity contribution in [3.8, 4) is 0 Å². The van der Waals surface area contributed by atoms with Gasteiger partial charge in [-0.15, -0.1) is 6.58 Å². The molecule has 1 aliphatic heterocycles. The number of nitrogens with one attached hydrogen (secondary N) is 2. The van der Waals surface area contributed by atoms with E-state index < -0.39 is 0 Å². The molecule has 1 aliphatic rings. The molecule has 3 nitrogen and oxygen atoms in total. The average molecular weight is 154 g/mol. The molecule has 0 aliphatic carbocycles. The van der Waals surface area contributed by atoms with Crippen LogP contribution in [0.15, 0.2) is 12.7 Å². The summed E-state index contributed by atoms with van der Waals surface area (Å²) in [6, 6.07) is 0.0370. The maximum absolute atomic E-state index is 11.2. The van der Waals surface area contributed by atoms with E-state index in [0.717, 1.165) is 19.4 Å². The lowest BCUT2D eigenvalue weighted by atomic mass is 10.2. The van der Waals surface area contributed by atoms with Crippen LogP contribution >= 0.6 is 0 Å². The van der Waals surface area contributed by atoms with Gasteiger partial charge in [-0.05, 0) is 19.4 Å². The molecule has 62 valence electrons. The molecule has 1 fully saturated rings. The summed E-state index contributed by atoms with van der Waals surface area (Å²) < 4.78 is 0. The predicted molar refractivity (Wildman–Crippen MR) is 44.2 cm³/mol. The summed E-state index contributed by atoms with van der Waals surface area (Å²) in [5, 5.41) is 5.87. The summed E-state index contributed by atoms with van der Waals surface area (Å²) in [6.45, 7) is 5.06. The summed E-state index contributed by atoms with van der Waals surface area (Å²) in [7, 11) is 0. The Morgan fingerprint density at radius 2 is 2.64 bits per heavy atom. The first-order valence-corrected chi connectivity index (χ1v) is 3.96. The maximum atomic E-state index is 11.2. The lowest BCUT2D eigenvalue weighted by molar-refractivity contribution is -0.122. The number of rotatable bonds is 3. The zero-order valence-corrected chi connectivity index (χ0v) is 6.60. The highest BCUT2D eigenvalue weighted by molar-refractivity contribution is 5.82. The quantitative estimate of drug-likeness (QED) is 0.563. The molecule has 0 aromatic rings. The SMILES string of the molecule is C=CCNC(=O)C1CCCN1. The van der Waals surface area contributed by atoms with Crippen molar-refractivity contribution in [3.05, 3.63) is 12.7 Å². The Balaban J connectivity index is 2.22. The summed E-state index contributed by atoms with van der Waals surface area (Å²) in [5.74, 6) is 0.0994. The smallest absolute Gasteiger partial charge is 0.237 e. The molecule has 1 unspecified atom stereocenters. The molecule has 0 spiro atoms. The van der Waals surface area contributed by atoms with Gasteiger partial charge in [0.05, 0.1) is 6.04 Å². The van der Waals surface area contributed by atoms with Crippen molar-refractivity contribution in [2.75, 3.05) is 13.1 Å². The second-order valence-electron chi connectivity index (χ2n) is 2.68. The molecule has 0 saturated carbocycles. The maximum Gasteiger partial charge on any atom is 0.237 e. The number of amides is 1. The van der Waals surface area contributed by atoms with Gasteiger partial charge in [0.1, 0.15) is 0 Å². The second kappa shape index (κ2) is 4.13. The van der Waals surface area contributed by atoms with E-state index in [2.05, 4.69) is 17.2 Å². The van der Waals surface area contributed by atoms with Gasteiger partial charge in [-0.25, -0.2) is 0 Å². The Morgan fingerprint density at radius 3 is 3.18 bits per heavy atom. The summed E-state index contributed by atoms with van der Waals surface area (Å²) >= 11 is 0. The largest absolute Gasteiger partial charge is 0.351 e. The van der Waals surface area contributed by atoms with Crippen molar-refractivity contribution >= 4 is 5.91 Å². The van der Waals surface area contributed by atoms with Gasteiger partial charge < -0.3 is 10.6 Å². The van der Waals surface area contributed by atoms with Crippen molar-refractivity contribution in [2.24, 2.45) is 0 Å². The van der Waals surface area contributed by atoms with Gasteiger partial charge in [0, 0.05) is 6.54 Å². The van der Waals surface area contributed by atoms with Gasteiger partial charge >= 0.3 is 0 Å². The summed E-state index contributed by atoms with van der Waals surface area (Å²) in [6.07, 6.45) is 3.75. The molecular weight excluding hydrogens is 140 g/mol. The van der Waals surface area contributed by atoms with Gasteiger partial charge in [-0.3, -0.25) is 4.79 Å². The molecular formula is C8H14N2O. The van der Waals surface area contributed by atoms with Crippen molar-refractivity contribution in [1.82, 2.24) is 10.6 Å². The standard InChI is InChI=1S/C8H14N2O/c1-2-5-10-8(11)7-4-3-6-9-7/h2,7,9H,1,3-6H2,(H,10,11). The van der Waals surface area contributed by atoms with Gasteiger partial charge in [0.15, 0.2) is 0 Å². The third-order valence-corrected chi connectivity index (χ3v) is 1.80. The highest BCUT2D eigenvalue weighted by Gasteiger charge is 2.20. The summed E-state index contributed by atoms with van der Waals surface area (Å²) in [4.78, 5) is 11.2. The van der Waals surface area contributed by atoms with Crippen LogP contribution < -0.4 is 10.6 Å². The van der Waals surface area contributed by atoms with Crippen LogP contribution in [0.2, 0.25) is 0 Å². The number of carbonyl (C=O) groups excluding carboxylic acids is 1. The Morgan fingerprint density at radius 1 is 1.82 bits per heavy atom. The fraction of sp³-hybridized carbons (Fsp3) is 0.625. The molecule has 0 aromatic carbocycles. The van der Waals surface area contributed by atoms with Gasteiger partial charge in [-0.1, -0.05) is 6.08 Å². The third-order valence-electron chi connectivity index (χ3n) is 1.80. The molecule has 1 rings (SSSR count). The van der Waals surface area contributed by atoms with Crippen LogP contribution in [0.25, 0.3) is 0 Å². The highest BCUT2D eigenvalue weighted by atomic mass is 16.2. The summed E-state index contributed by atoms with van der Waals surface area (Å²) in [5.41, 5.74) is 0. The normalized spacial score (nSPS) is 23.1. The van der Waals surface area contributed by atoms with Crippen LogP contribution in [0.3, 0.4) is 0 Å². The molecule has 11 heavy (non-hydrogen) atoms. The van der Waals surface area contributed by atoms with E-state index in [1.54, 1.807) is 6.08 Å². The molecule has 1 atom stereocenters. The Labute approximate surface area is 66.9 Å². The fourth-order valence-corrected chi connectivity index (χ4v) is 1.20.